The molecule has 0 aromatic heterocycles. The predicted molar refractivity (Wildman–Crippen MR) is 82.0 cm³/mol. The first-order valence-corrected chi connectivity index (χ1v) is 8.61. The van der Waals surface area contributed by atoms with Crippen molar-refractivity contribution in [1.29, 1.82) is 0 Å². The highest BCUT2D eigenvalue weighted by Gasteiger charge is 2.36. The normalized spacial score (nSPS) is 21.1. The quantitative estimate of drug-likeness (QED) is 0.363. The van der Waals surface area contributed by atoms with Crippen molar-refractivity contribution in [3.8, 4) is 0 Å². The van der Waals surface area contributed by atoms with E-state index in [0.29, 0.717) is 18.6 Å². The van der Waals surface area contributed by atoms with Crippen LogP contribution in [0.1, 0.15) is 90.4 Å². The van der Waals surface area contributed by atoms with Crippen molar-refractivity contribution in [2.75, 3.05) is 0 Å². The van der Waals surface area contributed by atoms with Crippen molar-refractivity contribution in [3.63, 3.8) is 0 Å². The lowest BCUT2D eigenvalue weighted by Gasteiger charge is -2.00. The number of carbonyl (C=O) groups is 1. The predicted octanol–water partition coefficient (Wildman–Crippen LogP) is 4.93. The lowest BCUT2D eigenvalue weighted by Crippen LogP contribution is -1.95. The summed E-state index contributed by atoms with van der Waals surface area (Å²) in [5.41, 5.74) is 0. The Morgan fingerprint density at radius 2 is 1.35 bits per heavy atom. The highest BCUT2D eigenvalue weighted by molar-refractivity contribution is 5.66. The number of unbranched alkanes of at least 4 members (excludes halogenated alkanes) is 8. The Labute approximate surface area is 124 Å². The second kappa shape index (κ2) is 11.1. The maximum absolute atomic E-state index is 10.3. The van der Waals surface area contributed by atoms with Gasteiger partial charge in [0.05, 0.1) is 12.2 Å². The molecule has 0 aliphatic carbocycles. The van der Waals surface area contributed by atoms with E-state index in [9.17, 15) is 4.79 Å². The van der Waals surface area contributed by atoms with E-state index in [0.717, 1.165) is 12.8 Å². The summed E-state index contributed by atoms with van der Waals surface area (Å²) in [4.78, 5) is 10.3. The zero-order valence-electron chi connectivity index (χ0n) is 13.1. The van der Waals surface area contributed by atoms with E-state index in [-0.39, 0.29) is 0 Å². The van der Waals surface area contributed by atoms with Crippen LogP contribution in [0.5, 0.6) is 0 Å². The van der Waals surface area contributed by atoms with Gasteiger partial charge in [0, 0.05) is 6.42 Å². The Morgan fingerprint density at radius 1 is 0.850 bits per heavy atom. The Hall–Kier alpha value is -0.570. The van der Waals surface area contributed by atoms with E-state index in [4.69, 9.17) is 9.84 Å². The van der Waals surface area contributed by atoms with Gasteiger partial charge in [-0.2, -0.15) is 0 Å². The molecule has 0 saturated carbocycles. The SMILES string of the molecule is CCCCCCC1OC1CCCCCCCCC(=O)O. The van der Waals surface area contributed by atoms with Gasteiger partial charge in [0.2, 0.25) is 0 Å². The molecule has 0 aromatic carbocycles. The van der Waals surface area contributed by atoms with Crippen LogP contribution in [-0.4, -0.2) is 23.3 Å². The molecule has 118 valence electrons. The van der Waals surface area contributed by atoms with Gasteiger partial charge in [-0.25, -0.2) is 0 Å². The van der Waals surface area contributed by atoms with Gasteiger partial charge in [0.15, 0.2) is 0 Å². The molecule has 3 nitrogen and oxygen atoms in total. The smallest absolute Gasteiger partial charge is 0.303 e. The lowest BCUT2D eigenvalue weighted by atomic mass is 10.0. The van der Waals surface area contributed by atoms with Gasteiger partial charge in [-0.05, 0) is 19.3 Å². The molecule has 1 fully saturated rings. The first kappa shape index (κ1) is 17.5. The molecule has 1 rings (SSSR count). The molecule has 1 heterocycles. The van der Waals surface area contributed by atoms with Gasteiger partial charge in [0.1, 0.15) is 0 Å². The molecule has 0 aromatic rings. The monoisotopic (exact) mass is 284 g/mol. The van der Waals surface area contributed by atoms with Crippen molar-refractivity contribution >= 4 is 5.97 Å². The summed E-state index contributed by atoms with van der Waals surface area (Å²) < 4.78 is 5.70. The maximum atomic E-state index is 10.3. The molecule has 0 spiro atoms. The van der Waals surface area contributed by atoms with Crippen LogP contribution in [0.25, 0.3) is 0 Å². The zero-order valence-corrected chi connectivity index (χ0v) is 13.1. The minimum Gasteiger partial charge on any atom is -0.481 e. The van der Waals surface area contributed by atoms with E-state index in [1.165, 1.54) is 64.2 Å². The fourth-order valence-electron chi connectivity index (χ4n) is 2.79. The highest BCUT2D eigenvalue weighted by atomic mass is 16.6. The Morgan fingerprint density at radius 3 is 1.90 bits per heavy atom. The Kier molecular flexibility index (Phi) is 9.73. The summed E-state index contributed by atoms with van der Waals surface area (Å²) in [6.07, 6.45) is 16.2. The average Bonchev–Trinajstić information content (AvgIpc) is 3.16. The van der Waals surface area contributed by atoms with Crippen LogP contribution in [0.4, 0.5) is 0 Å². The Bertz CT molecular complexity index is 253. The molecule has 3 heteroatoms. The molecular formula is C17H32O3. The van der Waals surface area contributed by atoms with Crippen molar-refractivity contribution in [2.24, 2.45) is 0 Å². The van der Waals surface area contributed by atoms with Gasteiger partial charge in [0.25, 0.3) is 0 Å². The summed E-state index contributed by atoms with van der Waals surface area (Å²) in [5, 5.41) is 8.52. The number of hydrogen-bond acceptors (Lipinski definition) is 2. The van der Waals surface area contributed by atoms with Gasteiger partial charge in [-0.1, -0.05) is 64.7 Å². The largest absolute Gasteiger partial charge is 0.481 e. The summed E-state index contributed by atoms with van der Waals surface area (Å²) in [6.45, 7) is 2.25. The number of ether oxygens (including phenoxy) is 1. The van der Waals surface area contributed by atoms with Crippen LogP contribution in [0.15, 0.2) is 0 Å². The fourth-order valence-corrected chi connectivity index (χ4v) is 2.79. The minimum atomic E-state index is -0.666. The summed E-state index contributed by atoms with van der Waals surface area (Å²) in [5.74, 6) is -0.666. The average molecular weight is 284 g/mol. The van der Waals surface area contributed by atoms with Crippen LogP contribution >= 0.6 is 0 Å². The third kappa shape index (κ3) is 9.35. The molecule has 2 unspecified atom stereocenters. The molecule has 0 radical (unpaired) electrons. The topological polar surface area (TPSA) is 49.8 Å². The van der Waals surface area contributed by atoms with Gasteiger partial charge >= 0.3 is 5.97 Å². The lowest BCUT2D eigenvalue weighted by molar-refractivity contribution is -0.137. The van der Waals surface area contributed by atoms with Gasteiger partial charge in [-0.15, -0.1) is 0 Å². The second-order valence-electron chi connectivity index (χ2n) is 6.12. The van der Waals surface area contributed by atoms with Crippen LogP contribution in [-0.2, 0) is 9.53 Å². The first-order valence-electron chi connectivity index (χ1n) is 8.61. The van der Waals surface area contributed by atoms with Crippen LogP contribution in [0.2, 0.25) is 0 Å². The van der Waals surface area contributed by atoms with Gasteiger partial charge in [-0.3, -0.25) is 4.79 Å². The minimum absolute atomic E-state index is 0.329. The fraction of sp³-hybridized carbons (Fsp3) is 0.941. The molecule has 0 amide bonds. The summed E-state index contributed by atoms with van der Waals surface area (Å²) >= 11 is 0. The number of carboxylic acids is 1. The maximum Gasteiger partial charge on any atom is 0.303 e. The molecule has 20 heavy (non-hydrogen) atoms. The van der Waals surface area contributed by atoms with E-state index in [1.54, 1.807) is 0 Å². The number of hydrogen-bond donors (Lipinski definition) is 1. The summed E-state index contributed by atoms with van der Waals surface area (Å²) in [7, 11) is 0. The number of aliphatic carboxylic acids is 1. The zero-order chi connectivity index (χ0) is 14.6. The van der Waals surface area contributed by atoms with E-state index < -0.39 is 5.97 Å². The van der Waals surface area contributed by atoms with Crippen molar-refractivity contribution in [3.05, 3.63) is 0 Å². The van der Waals surface area contributed by atoms with E-state index in [1.807, 2.05) is 0 Å². The molecule has 0 bridgehead atoms. The van der Waals surface area contributed by atoms with Crippen LogP contribution in [0.3, 0.4) is 0 Å². The highest BCUT2D eigenvalue weighted by Crippen LogP contribution is 2.31. The number of rotatable bonds is 14. The first-order chi connectivity index (χ1) is 9.74. The molecule has 1 saturated heterocycles. The Balaban J connectivity index is 1.76. The van der Waals surface area contributed by atoms with Gasteiger partial charge < -0.3 is 9.84 Å². The standard InChI is InChI=1S/C17H32O3/c1-2-3-4-9-12-15-16(20-15)13-10-7-5-6-8-11-14-17(18)19/h15-16H,2-14H2,1H3,(H,18,19). The van der Waals surface area contributed by atoms with Crippen LogP contribution in [0, 0.1) is 0 Å². The van der Waals surface area contributed by atoms with Crippen LogP contribution < -0.4 is 0 Å². The van der Waals surface area contributed by atoms with E-state index in [2.05, 4.69) is 6.92 Å². The third-order valence-corrected chi connectivity index (χ3v) is 4.16. The second-order valence-corrected chi connectivity index (χ2v) is 6.12. The number of epoxide rings is 1. The molecule has 1 aliphatic heterocycles. The third-order valence-electron chi connectivity index (χ3n) is 4.16. The van der Waals surface area contributed by atoms with Crippen molar-refractivity contribution in [2.45, 2.75) is 103 Å². The molecule has 2 atom stereocenters. The molecular weight excluding hydrogens is 252 g/mol. The van der Waals surface area contributed by atoms with Crippen molar-refractivity contribution in [1.82, 2.24) is 0 Å². The number of carboxylic acid groups (broad SMARTS) is 1. The van der Waals surface area contributed by atoms with E-state index >= 15 is 0 Å². The molecule has 1 N–H and O–H groups in total. The van der Waals surface area contributed by atoms with Crippen molar-refractivity contribution < 1.29 is 14.6 Å². The molecule has 1 aliphatic rings. The summed E-state index contributed by atoms with van der Waals surface area (Å²) in [6, 6.07) is 0.